The van der Waals surface area contributed by atoms with Crippen LogP contribution in [0, 0.1) is 0 Å². The largest absolute Gasteiger partial charge is 0.486 e. The van der Waals surface area contributed by atoms with E-state index in [9.17, 15) is 4.79 Å². The molecule has 1 rings (SSSR count). The van der Waals surface area contributed by atoms with Crippen molar-refractivity contribution in [1.29, 1.82) is 0 Å². The number of thiophene rings is 1. The van der Waals surface area contributed by atoms with Gasteiger partial charge in [0, 0.05) is 20.7 Å². The molecule has 0 unspecified atom stereocenters. The van der Waals surface area contributed by atoms with E-state index in [2.05, 4.69) is 10.6 Å². The van der Waals surface area contributed by atoms with Gasteiger partial charge in [-0.25, -0.2) is 0 Å². The Morgan fingerprint density at radius 3 is 2.68 bits per heavy atom. The van der Waals surface area contributed by atoms with Gasteiger partial charge in [0.25, 0.3) is 5.91 Å². The van der Waals surface area contributed by atoms with Crippen molar-refractivity contribution in [3.63, 3.8) is 0 Å². The highest BCUT2D eigenvalue weighted by molar-refractivity contribution is 7.19. The van der Waals surface area contributed by atoms with Crippen LogP contribution in [0.25, 0.3) is 0 Å². The van der Waals surface area contributed by atoms with Crippen LogP contribution >= 0.6 is 11.3 Å². The Morgan fingerprint density at radius 2 is 2.16 bits per heavy atom. The number of ether oxygens (including phenoxy) is 2. The molecule has 7 heteroatoms. The summed E-state index contributed by atoms with van der Waals surface area (Å²) in [5, 5.41) is 6.49. The van der Waals surface area contributed by atoms with Gasteiger partial charge in [0.1, 0.15) is 15.6 Å². The summed E-state index contributed by atoms with van der Waals surface area (Å²) < 4.78 is 10.7. The molecule has 0 aromatic carbocycles. The molecule has 0 aliphatic rings. The summed E-state index contributed by atoms with van der Waals surface area (Å²) in [4.78, 5) is 12.2. The smallest absolute Gasteiger partial charge is 0.263 e. The molecule has 0 radical (unpaired) electrons. The number of hydrogen-bond acceptors (Lipinski definition) is 6. The van der Waals surface area contributed by atoms with Crippen molar-refractivity contribution in [1.82, 2.24) is 5.32 Å². The summed E-state index contributed by atoms with van der Waals surface area (Å²) in [7, 11) is 3.20. The molecule has 6 nitrogen and oxygen atoms in total. The summed E-state index contributed by atoms with van der Waals surface area (Å²) in [6, 6.07) is 0. The zero-order valence-corrected chi connectivity index (χ0v) is 12.5. The fraction of sp³-hybridized carbons (Fsp3) is 0.583. The number of anilines is 2. The highest BCUT2D eigenvalue weighted by atomic mass is 32.1. The molecule has 1 amide bonds. The van der Waals surface area contributed by atoms with E-state index in [1.165, 1.54) is 11.3 Å². The summed E-state index contributed by atoms with van der Waals surface area (Å²) in [5.41, 5.74) is 6.36. The second-order valence-electron chi connectivity index (χ2n) is 4.17. The summed E-state index contributed by atoms with van der Waals surface area (Å²) in [5.74, 6) is 0.325. The first-order valence-corrected chi connectivity index (χ1v) is 6.86. The maximum atomic E-state index is 11.7. The van der Waals surface area contributed by atoms with Gasteiger partial charge >= 0.3 is 0 Å². The van der Waals surface area contributed by atoms with Crippen LogP contribution in [-0.4, -0.2) is 39.3 Å². The fourth-order valence-corrected chi connectivity index (χ4v) is 2.47. The standard InChI is InChI=1S/C12H21N3O3S/c1-7(2)18-9-8(13)10(11(16)14-3)19-12(9)15-5-6-17-4/h7,15H,5-6,13H2,1-4H3,(H,14,16). The molecule has 0 bridgehead atoms. The topological polar surface area (TPSA) is 85.6 Å². The van der Waals surface area contributed by atoms with Gasteiger partial charge in [-0.05, 0) is 13.8 Å². The molecule has 0 spiro atoms. The molecule has 19 heavy (non-hydrogen) atoms. The Balaban J connectivity index is 3.01. The molecule has 0 saturated carbocycles. The minimum atomic E-state index is -0.212. The van der Waals surface area contributed by atoms with Crippen molar-refractivity contribution < 1.29 is 14.3 Å². The van der Waals surface area contributed by atoms with Crippen LogP contribution in [0.15, 0.2) is 0 Å². The van der Waals surface area contributed by atoms with Crippen LogP contribution in [-0.2, 0) is 4.74 Å². The Hall–Kier alpha value is -1.47. The molecular weight excluding hydrogens is 266 g/mol. The number of hydrogen-bond donors (Lipinski definition) is 3. The van der Waals surface area contributed by atoms with Crippen molar-refractivity contribution in [2.45, 2.75) is 20.0 Å². The minimum Gasteiger partial charge on any atom is -0.486 e. The lowest BCUT2D eigenvalue weighted by molar-refractivity contribution is 0.0967. The van der Waals surface area contributed by atoms with Crippen LogP contribution in [0.3, 0.4) is 0 Å². The third-order valence-corrected chi connectivity index (χ3v) is 3.42. The Bertz CT molecular complexity index is 432. The quantitative estimate of drug-likeness (QED) is 0.662. The first-order chi connectivity index (χ1) is 9.01. The highest BCUT2D eigenvalue weighted by Crippen LogP contribution is 2.43. The predicted molar refractivity (Wildman–Crippen MR) is 78.3 cm³/mol. The monoisotopic (exact) mass is 287 g/mol. The van der Waals surface area contributed by atoms with Gasteiger partial charge in [0.2, 0.25) is 0 Å². The third kappa shape index (κ3) is 4.00. The molecule has 1 heterocycles. The molecule has 0 saturated heterocycles. The zero-order valence-electron chi connectivity index (χ0n) is 11.7. The van der Waals surface area contributed by atoms with Gasteiger partial charge in [-0.2, -0.15) is 0 Å². The van der Waals surface area contributed by atoms with Crippen molar-refractivity contribution in [2.75, 3.05) is 38.4 Å². The zero-order chi connectivity index (χ0) is 14.4. The number of methoxy groups -OCH3 is 1. The molecule has 0 atom stereocenters. The van der Waals surface area contributed by atoms with Crippen molar-refractivity contribution in [3.05, 3.63) is 4.88 Å². The van der Waals surface area contributed by atoms with Gasteiger partial charge in [-0.15, -0.1) is 11.3 Å². The highest BCUT2D eigenvalue weighted by Gasteiger charge is 2.22. The average Bonchev–Trinajstić information content (AvgIpc) is 2.66. The Labute approximate surface area is 117 Å². The lowest BCUT2D eigenvalue weighted by atomic mass is 10.3. The average molecular weight is 287 g/mol. The summed E-state index contributed by atoms with van der Waals surface area (Å²) >= 11 is 1.28. The van der Waals surface area contributed by atoms with E-state index >= 15 is 0 Å². The van der Waals surface area contributed by atoms with Crippen LogP contribution in [0.5, 0.6) is 5.75 Å². The number of amides is 1. The lowest BCUT2D eigenvalue weighted by Gasteiger charge is -2.12. The molecule has 1 aromatic heterocycles. The molecule has 0 fully saturated rings. The SMILES string of the molecule is CNC(=O)c1sc(NCCOC)c(OC(C)C)c1N. The summed E-state index contributed by atoms with van der Waals surface area (Å²) in [6.45, 7) is 5.01. The van der Waals surface area contributed by atoms with Gasteiger partial charge < -0.3 is 25.8 Å². The van der Waals surface area contributed by atoms with Crippen molar-refractivity contribution in [2.24, 2.45) is 0 Å². The number of rotatable bonds is 7. The molecular formula is C12H21N3O3S. The first kappa shape index (κ1) is 15.6. The number of nitrogens with one attached hydrogen (secondary N) is 2. The number of nitrogens with two attached hydrogens (primary N) is 1. The van der Waals surface area contributed by atoms with E-state index in [1.54, 1.807) is 14.2 Å². The van der Waals surface area contributed by atoms with E-state index in [0.717, 1.165) is 5.00 Å². The maximum Gasteiger partial charge on any atom is 0.263 e. The van der Waals surface area contributed by atoms with Crippen molar-refractivity contribution in [3.8, 4) is 5.75 Å². The number of carbonyl (C=O) groups is 1. The van der Waals surface area contributed by atoms with Gasteiger partial charge in [0.05, 0.1) is 12.7 Å². The molecule has 1 aromatic rings. The Morgan fingerprint density at radius 1 is 1.47 bits per heavy atom. The molecule has 4 N–H and O–H groups in total. The van der Waals surface area contributed by atoms with E-state index in [4.69, 9.17) is 15.2 Å². The fourth-order valence-electron chi connectivity index (χ4n) is 1.45. The number of nitrogen functional groups attached to an aromatic ring is 1. The van der Waals surface area contributed by atoms with E-state index in [1.807, 2.05) is 13.8 Å². The third-order valence-electron chi connectivity index (χ3n) is 2.28. The first-order valence-electron chi connectivity index (χ1n) is 6.05. The second-order valence-corrected chi connectivity index (χ2v) is 5.19. The van der Waals surface area contributed by atoms with E-state index in [-0.39, 0.29) is 12.0 Å². The molecule has 0 aliphatic carbocycles. The Kier molecular flexibility index (Phi) is 5.91. The minimum absolute atomic E-state index is 0.0163. The van der Waals surface area contributed by atoms with Crippen LogP contribution < -0.4 is 21.1 Å². The van der Waals surface area contributed by atoms with Gasteiger partial charge in [0.15, 0.2) is 5.75 Å². The van der Waals surface area contributed by atoms with E-state index < -0.39 is 0 Å². The van der Waals surface area contributed by atoms with Crippen molar-refractivity contribution >= 4 is 27.9 Å². The van der Waals surface area contributed by atoms with Gasteiger partial charge in [-0.3, -0.25) is 4.79 Å². The summed E-state index contributed by atoms with van der Waals surface area (Å²) in [6.07, 6.45) is -0.0163. The lowest BCUT2D eigenvalue weighted by Crippen LogP contribution is -2.17. The van der Waals surface area contributed by atoms with Crippen LogP contribution in [0.1, 0.15) is 23.5 Å². The normalized spacial score (nSPS) is 10.6. The van der Waals surface area contributed by atoms with Gasteiger partial charge in [-0.1, -0.05) is 0 Å². The second kappa shape index (κ2) is 7.20. The maximum absolute atomic E-state index is 11.7. The van der Waals surface area contributed by atoms with Crippen LogP contribution in [0.4, 0.5) is 10.7 Å². The number of carbonyl (C=O) groups excluding carboxylic acids is 1. The molecule has 108 valence electrons. The molecule has 0 aliphatic heterocycles. The van der Waals surface area contributed by atoms with E-state index in [0.29, 0.717) is 29.5 Å². The predicted octanol–water partition coefficient (Wildman–Crippen LogP) is 1.54. The van der Waals surface area contributed by atoms with Crippen LogP contribution in [0.2, 0.25) is 0 Å².